The third-order valence-corrected chi connectivity index (χ3v) is 4.67. The Morgan fingerprint density at radius 3 is 2.48 bits per heavy atom. The average molecular weight is 310 g/mol. The van der Waals surface area contributed by atoms with E-state index in [0.717, 1.165) is 11.1 Å². The van der Waals surface area contributed by atoms with Crippen molar-refractivity contribution < 1.29 is 13.5 Å². The first kappa shape index (κ1) is 17.5. The number of hydrogen-bond acceptors (Lipinski definition) is 3. The van der Waals surface area contributed by atoms with Crippen molar-refractivity contribution >= 4 is 15.9 Å². The molecule has 2 N–H and O–H groups in total. The number of rotatable bonds is 6. The van der Waals surface area contributed by atoms with Crippen LogP contribution >= 0.6 is 0 Å². The molecular formula is C15H22N2O3S. The summed E-state index contributed by atoms with van der Waals surface area (Å²) >= 11 is 0. The van der Waals surface area contributed by atoms with E-state index >= 15 is 0 Å². The van der Waals surface area contributed by atoms with Crippen molar-refractivity contribution in [1.29, 1.82) is 0 Å². The first-order valence-corrected chi connectivity index (χ1v) is 8.36. The van der Waals surface area contributed by atoms with Gasteiger partial charge in [0.25, 0.3) is 0 Å². The molecule has 1 rings (SSSR count). The lowest BCUT2D eigenvalue weighted by molar-refractivity contribution is 0.305. The summed E-state index contributed by atoms with van der Waals surface area (Å²) in [4.78, 5) is 0. The molecule has 21 heavy (non-hydrogen) atoms. The van der Waals surface area contributed by atoms with Crippen LogP contribution in [0.3, 0.4) is 0 Å². The Kier molecular flexibility index (Phi) is 6.69. The highest BCUT2D eigenvalue weighted by Gasteiger charge is 2.18. The Balaban J connectivity index is 2.93. The van der Waals surface area contributed by atoms with Gasteiger partial charge >= 0.3 is 10.2 Å². The maximum absolute atomic E-state index is 12.1. The van der Waals surface area contributed by atoms with Crippen LogP contribution in [0.15, 0.2) is 18.2 Å². The van der Waals surface area contributed by atoms with Gasteiger partial charge in [-0.2, -0.15) is 12.7 Å². The zero-order valence-electron chi connectivity index (χ0n) is 12.7. The molecule has 0 radical (unpaired) electrons. The van der Waals surface area contributed by atoms with E-state index in [-0.39, 0.29) is 6.61 Å². The van der Waals surface area contributed by atoms with E-state index in [1.54, 1.807) is 32.0 Å². The van der Waals surface area contributed by atoms with Crippen molar-refractivity contribution in [3.63, 3.8) is 0 Å². The minimum absolute atomic E-state index is 0.0355. The van der Waals surface area contributed by atoms with Crippen molar-refractivity contribution in [2.24, 2.45) is 0 Å². The molecule has 0 heterocycles. The molecule has 0 saturated heterocycles. The predicted octanol–water partition coefficient (Wildman–Crippen LogP) is 1.73. The number of aliphatic hydroxyl groups is 1. The van der Waals surface area contributed by atoms with Gasteiger partial charge < -0.3 is 5.11 Å². The molecule has 1 aromatic carbocycles. The van der Waals surface area contributed by atoms with Gasteiger partial charge in [0, 0.05) is 25.1 Å². The summed E-state index contributed by atoms with van der Waals surface area (Å²) in [5, 5.41) is 8.70. The summed E-state index contributed by atoms with van der Waals surface area (Å²) in [5.41, 5.74) is 2.24. The lowest BCUT2D eigenvalue weighted by atomic mass is 10.1. The molecule has 5 nitrogen and oxygen atoms in total. The number of anilines is 1. The molecule has 0 aliphatic carbocycles. The number of benzene rings is 1. The molecule has 0 aromatic heterocycles. The first-order valence-electron chi connectivity index (χ1n) is 6.92. The molecule has 0 unspecified atom stereocenters. The van der Waals surface area contributed by atoms with Gasteiger partial charge in [-0.15, -0.1) is 0 Å². The number of aryl methyl sites for hydroxylation is 1. The van der Waals surface area contributed by atoms with Crippen LogP contribution in [-0.2, 0) is 10.2 Å². The molecule has 0 aliphatic heterocycles. The van der Waals surface area contributed by atoms with Crippen LogP contribution in [0.2, 0.25) is 0 Å². The van der Waals surface area contributed by atoms with Crippen molar-refractivity contribution in [2.75, 3.05) is 24.4 Å². The molecule has 1 aromatic rings. The lowest BCUT2D eigenvalue weighted by Crippen LogP contribution is -2.35. The zero-order chi connectivity index (χ0) is 15.9. The molecule has 0 atom stereocenters. The molecule has 0 bridgehead atoms. The summed E-state index contributed by atoms with van der Waals surface area (Å²) in [5.74, 6) is 5.80. The van der Waals surface area contributed by atoms with Gasteiger partial charge in [0.2, 0.25) is 0 Å². The van der Waals surface area contributed by atoms with Crippen molar-refractivity contribution in [2.45, 2.75) is 27.2 Å². The summed E-state index contributed by atoms with van der Waals surface area (Å²) in [6, 6.07) is 5.22. The maximum atomic E-state index is 12.1. The van der Waals surface area contributed by atoms with E-state index in [4.69, 9.17) is 5.11 Å². The fourth-order valence-electron chi connectivity index (χ4n) is 1.86. The fourth-order valence-corrected chi connectivity index (χ4v) is 3.09. The van der Waals surface area contributed by atoms with Crippen LogP contribution in [0.5, 0.6) is 0 Å². The number of nitrogens with zero attached hydrogens (tertiary/aromatic N) is 1. The van der Waals surface area contributed by atoms with E-state index in [2.05, 4.69) is 16.6 Å². The Hall–Kier alpha value is -1.55. The molecular weight excluding hydrogens is 288 g/mol. The average Bonchev–Trinajstić information content (AvgIpc) is 2.42. The molecule has 0 saturated carbocycles. The summed E-state index contributed by atoms with van der Waals surface area (Å²) in [6.45, 7) is 6.36. The largest absolute Gasteiger partial charge is 0.395 e. The SMILES string of the molecule is CCN(CC)S(=O)(=O)Nc1ccc(C#CCCO)c(C)c1. The van der Waals surface area contributed by atoms with Gasteiger partial charge in [0.15, 0.2) is 0 Å². The number of aliphatic hydroxyl groups excluding tert-OH is 1. The van der Waals surface area contributed by atoms with Gasteiger partial charge in [-0.05, 0) is 30.7 Å². The molecule has 0 fully saturated rings. The third kappa shape index (κ3) is 5.05. The smallest absolute Gasteiger partial charge is 0.301 e. The maximum Gasteiger partial charge on any atom is 0.301 e. The zero-order valence-corrected chi connectivity index (χ0v) is 13.5. The van der Waals surface area contributed by atoms with Crippen LogP contribution in [-0.4, -0.2) is 37.5 Å². The Bertz CT molecular complexity index is 626. The standard InChI is InChI=1S/C15H22N2O3S/c1-4-17(5-2)21(19,20)16-15-10-9-14(13(3)12-15)8-6-7-11-18/h9-10,12,16,18H,4-5,7,11H2,1-3H3. The van der Waals surface area contributed by atoms with E-state index in [0.29, 0.717) is 25.2 Å². The van der Waals surface area contributed by atoms with E-state index in [1.807, 2.05) is 6.92 Å². The monoisotopic (exact) mass is 310 g/mol. The van der Waals surface area contributed by atoms with Crippen LogP contribution in [0.4, 0.5) is 5.69 Å². The van der Waals surface area contributed by atoms with Crippen molar-refractivity contribution in [3.8, 4) is 11.8 Å². The van der Waals surface area contributed by atoms with Crippen LogP contribution < -0.4 is 4.72 Å². The second-order valence-corrected chi connectivity index (χ2v) is 6.17. The second-order valence-electron chi connectivity index (χ2n) is 4.50. The van der Waals surface area contributed by atoms with E-state index < -0.39 is 10.2 Å². The topological polar surface area (TPSA) is 69.6 Å². The minimum Gasteiger partial charge on any atom is -0.395 e. The highest BCUT2D eigenvalue weighted by Crippen LogP contribution is 2.17. The molecule has 0 aliphatic rings. The van der Waals surface area contributed by atoms with Crippen LogP contribution in [0.1, 0.15) is 31.4 Å². The van der Waals surface area contributed by atoms with Crippen molar-refractivity contribution in [3.05, 3.63) is 29.3 Å². The second kappa shape index (κ2) is 8.03. The Labute approximate surface area is 127 Å². The highest BCUT2D eigenvalue weighted by molar-refractivity contribution is 7.90. The first-order chi connectivity index (χ1) is 9.94. The normalized spacial score (nSPS) is 11.1. The predicted molar refractivity (Wildman–Crippen MR) is 85.2 cm³/mol. The third-order valence-electron chi connectivity index (χ3n) is 2.98. The molecule has 6 heteroatoms. The minimum atomic E-state index is -3.51. The van der Waals surface area contributed by atoms with Gasteiger partial charge in [-0.25, -0.2) is 0 Å². The Morgan fingerprint density at radius 1 is 1.29 bits per heavy atom. The fraction of sp³-hybridized carbons (Fsp3) is 0.467. The highest BCUT2D eigenvalue weighted by atomic mass is 32.2. The number of nitrogens with one attached hydrogen (secondary N) is 1. The van der Waals surface area contributed by atoms with Crippen molar-refractivity contribution in [1.82, 2.24) is 4.31 Å². The summed E-state index contributed by atoms with van der Waals surface area (Å²) < 4.78 is 28.2. The van der Waals surface area contributed by atoms with Crippen LogP contribution in [0, 0.1) is 18.8 Å². The number of hydrogen-bond donors (Lipinski definition) is 2. The Morgan fingerprint density at radius 2 is 1.95 bits per heavy atom. The van der Waals surface area contributed by atoms with E-state index in [1.165, 1.54) is 4.31 Å². The van der Waals surface area contributed by atoms with Gasteiger partial charge in [-0.3, -0.25) is 4.72 Å². The van der Waals surface area contributed by atoms with E-state index in [9.17, 15) is 8.42 Å². The lowest BCUT2D eigenvalue weighted by Gasteiger charge is -2.19. The summed E-state index contributed by atoms with van der Waals surface area (Å²) in [7, 11) is -3.51. The van der Waals surface area contributed by atoms with Gasteiger partial charge in [-0.1, -0.05) is 25.7 Å². The summed E-state index contributed by atoms with van der Waals surface area (Å²) in [6.07, 6.45) is 0.426. The van der Waals surface area contributed by atoms with Crippen LogP contribution in [0.25, 0.3) is 0 Å². The quantitative estimate of drug-likeness (QED) is 0.786. The molecule has 0 amide bonds. The molecule has 0 spiro atoms. The van der Waals surface area contributed by atoms with Gasteiger partial charge in [0.1, 0.15) is 0 Å². The molecule has 116 valence electrons. The van der Waals surface area contributed by atoms with Gasteiger partial charge in [0.05, 0.1) is 12.3 Å².